The lowest BCUT2D eigenvalue weighted by atomic mass is 9.76. The minimum atomic E-state index is -1.73. The highest BCUT2D eigenvalue weighted by Crippen LogP contribution is 2.45. The third-order valence-corrected chi connectivity index (χ3v) is 9.52. The first-order chi connectivity index (χ1) is 8.66. The van der Waals surface area contributed by atoms with Gasteiger partial charge in [0.05, 0.1) is 5.60 Å². The quantitative estimate of drug-likeness (QED) is 0.463. The molecular weight excluding hydrogens is 248 g/mol. The molecule has 0 aromatic rings. The minimum Gasteiger partial charge on any atom is -0.411 e. The molecule has 0 aromatic carbocycles. The van der Waals surface area contributed by atoms with Gasteiger partial charge in [-0.3, -0.25) is 0 Å². The third kappa shape index (κ3) is 4.06. The molecule has 2 atom stereocenters. The summed E-state index contributed by atoms with van der Waals surface area (Å²) >= 11 is 0. The van der Waals surface area contributed by atoms with E-state index in [0.717, 1.165) is 12.8 Å². The Balaban J connectivity index is 2.93. The molecule has 1 aliphatic carbocycles. The summed E-state index contributed by atoms with van der Waals surface area (Å²) in [5.41, 5.74) is 0.0157. The number of rotatable bonds is 5. The van der Waals surface area contributed by atoms with Gasteiger partial charge in [0.25, 0.3) is 0 Å². The first kappa shape index (κ1) is 16.7. The SMILES string of the molecule is C=CC[C@]1(O[Si](C)(C)C(C)(C)C)CCCC(C=C)C1. The van der Waals surface area contributed by atoms with Gasteiger partial charge >= 0.3 is 0 Å². The van der Waals surface area contributed by atoms with Crippen molar-refractivity contribution in [3.05, 3.63) is 25.3 Å². The van der Waals surface area contributed by atoms with Crippen molar-refractivity contribution < 1.29 is 4.43 Å². The Kier molecular flexibility index (Phi) is 5.25. The predicted molar refractivity (Wildman–Crippen MR) is 88.0 cm³/mol. The number of hydrogen-bond donors (Lipinski definition) is 0. The lowest BCUT2D eigenvalue weighted by Gasteiger charge is -2.48. The maximum absolute atomic E-state index is 6.82. The summed E-state index contributed by atoms with van der Waals surface area (Å²) in [7, 11) is -1.73. The van der Waals surface area contributed by atoms with Crippen molar-refractivity contribution in [1.82, 2.24) is 0 Å². The van der Waals surface area contributed by atoms with Gasteiger partial charge in [0.2, 0.25) is 0 Å². The fourth-order valence-corrected chi connectivity index (χ4v) is 4.50. The van der Waals surface area contributed by atoms with E-state index >= 15 is 0 Å². The van der Waals surface area contributed by atoms with Gasteiger partial charge in [0, 0.05) is 0 Å². The van der Waals surface area contributed by atoms with Crippen LogP contribution in [0.2, 0.25) is 18.1 Å². The van der Waals surface area contributed by atoms with E-state index in [0.29, 0.717) is 5.92 Å². The molecule has 1 rings (SSSR count). The second-order valence-electron chi connectivity index (χ2n) is 7.63. The molecule has 0 heterocycles. The Hall–Kier alpha value is -0.343. The Labute approximate surface area is 121 Å². The van der Waals surface area contributed by atoms with Crippen LogP contribution in [0.5, 0.6) is 0 Å². The molecule has 0 aromatic heterocycles. The monoisotopic (exact) mass is 280 g/mol. The van der Waals surface area contributed by atoms with Gasteiger partial charge in [-0.2, -0.15) is 0 Å². The van der Waals surface area contributed by atoms with Crippen LogP contribution in [-0.4, -0.2) is 13.9 Å². The Bertz CT molecular complexity index is 327. The summed E-state index contributed by atoms with van der Waals surface area (Å²) in [6, 6.07) is 0. The maximum atomic E-state index is 6.82. The van der Waals surface area contributed by atoms with Crippen molar-refractivity contribution in [2.24, 2.45) is 5.92 Å². The van der Waals surface area contributed by atoms with Crippen LogP contribution in [0.3, 0.4) is 0 Å². The highest BCUT2D eigenvalue weighted by atomic mass is 28.4. The number of hydrogen-bond acceptors (Lipinski definition) is 1. The summed E-state index contributed by atoms with van der Waals surface area (Å²) in [5.74, 6) is 0.610. The zero-order chi connectivity index (χ0) is 14.7. The molecule has 110 valence electrons. The molecule has 0 spiro atoms. The Morgan fingerprint density at radius 3 is 2.42 bits per heavy atom. The summed E-state index contributed by atoms with van der Waals surface area (Å²) in [5, 5.41) is 0.266. The zero-order valence-electron chi connectivity index (χ0n) is 13.6. The normalized spacial score (nSPS) is 29.0. The van der Waals surface area contributed by atoms with E-state index in [1.54, 1.807) is 0 Å². The first-order valence-electron chi connectivity index (χ1n) is 7.59. The lowest BCUT2D eigenvalue weighted by Crippen LogP contribution is -2.51. The second-order valence-corrected chi connectivity index (χ2v) is 12.4. The first-order valence-corrected chi connectivity index (χ1v) is 10.5. The van der Waals surface area contributed by atoms with Crippen molar-refractivity contribution >= 4 is 8.32 Å². The van der Waals surface area contributed by atoms with Crippen LogP contribution in [0, 0.1) is 5.92 Å². The fraction of sp³-hybridized carbons (Fsp3) is 0.765. The molecule has 0 saturated heterocycles. The van der Waals surface area contributed by atoms with Crippen LogP contribution in [-0.2, 0) is 4.43 Å². The van der Waals surface area contributed by atoms with Crippen molar-refractivity contribution in [3.8, 4) is 0 Å². The average molecular weight is 281 g/mol. The molecule has 19 heavy (non-hydrogen) atoms. The third-order valence-electron chi connectivity index (χ3n) is 4.97. The van der Waals surface area contributed by atoms with Crippen molar-refractivity contribution in [3.63, 3.8) is 0 Å². The van der Waals surface area contributed by atoms with Crippen LogP contribution in [0.25, 0.3) is 0 Å². The molecule has 2 heteroatoms. The largest absolute Gasteiger partial charge is 0.411 e. The zero-order valence-corrected chi connectivity index (χ0v) is 14.6. The molecule has 0 N–H and O–H groups in total. The molecule has 0 bridgehead atoms. The topological polar surface area (TPSA) is 9.23 Å². The minimum absolute atomic E-state index is 0.0157. The van der Waals surface area contributed by atoms with Crippen LogP contribution in [0.15, 0.2) is 25.3 Å². The highest BCUT2D eigenvalue weighted by molar-refractivity contribution is 6.74. The highest BCUT2D eigenvalue weighted by Gasteiger charge is 2.45. The van der Waals surface area contributed by atoms with Crippen LogP contribution >= 0.6 is 0 Å². The summed E-state index contributed by atoms with van der Waals surface area (Å²) in [6.45, 7) is 19.6. The lowest BCUT2D eigenvalue weighted by molar-refractivity contribution is 0.00672. The van der Waals surface area contributed by atoms with E-state index in [1.165, 1.54) is 19.3 Å². The van der Waals surface area contributed by atoms with Gasteiger partial charge in [-0.25, -0.2) is 0 Å². The molecule has 1 aliphatic rings. The van der Waals surface area contributed by atoms with Gasteiger partial charge in [-0.15, -0.1) is 13.2 Å². The van der Waals surface area contributed by atoms with Crippen molar-refractivity contribution in [1.29, 1.82) is 0 Å². The molecule has 1 fully saturated rings. The van der Waals surface area contributed by atoms with E-state index in [2.05, 4.69) is 53.1 Å². The van der Waals surface area contributed by atoms with Crippen LogP contribution in [0.1, 0.15) is 52.9 Å². The van der Waals surface area contributed by atoms with Gasteiger partial charge in [-0.05, 0) is 49.7 Å². The van der Waals surface area contributed by atoms with Gasteiger partial charge < -0.3 is 4.43 Å². The Morgan fingerprint density at radius 2 is 1.95 bits per heavy atom. The molecule has 0 radical (unpaired) electrons. The average Bonchev–Trinajstić information content (AvgIpc) is 2.27. The molecule has 0 aliphatic heterocycles. The van der Waals surface area contributed by atoms with E-state index < -0.39 is 8.32 Å². The molecule has 0 amide bonds. The van der Waals surface area contributed by atoms with E-state index in [-0.39, 0.29) is 10.6 Å². The smallest absolute Gasteiger partial charge is 0.192 e. The molecule has 1 unspecified atom stereocenters. The number of allylic oxidation sites excluding steroid dienone is 1. The standard InChI is InChI=1S/C17H32OSi/c1-8-12-17(13-10-11-15(9-2)14-17)18-19(6,7)16(3,4)5/h8-9,15H,1-2,10-14H2,3-7H3/t15?,17-/m0/s1. The summed E-state index contributed by atoms with van der Waals surface area (Å²) in [4.78, 5) is 0. The molecular formula is C17H32OSi. The van der Waals surface area contributed by atoms with Gasteiger partial charge in [0.1, 0.15) is 0 Å². The maximum Gasteiger partial charge on any atom is 0.192 e. The molecule has 1 saturated carbocycles. The van der Waals surface area contributed by atoms with E-state index in [4.69, 9.17) is 4.43 Å². The summed E-state index contributed by atoms with van der Waals surface area (Å²) < 4.78 is 6.82. The second kappa shape index (κ2) is 5.97. The molecule has 1 nitrogen and oxygen atoms in total. The van der Waals surface area contributed by atoms with Crippen molar-refractivity contribution in [2.45, 2.75) is 76.6 Å². The van der Waals surface area contributed by atoms with Gasteiger partial charge in [-0.1, -0.05) is 39.3 Å². The Morgan fingerprint density at radius 1 is 1.32 bits per heavy atom. The van der Waals surface area contributed by atoms with E-state index in [9.17, 15) is 0 Å². The predicted octanol–water partition coefficient (Wildman–Crippen LogP) is 5.70. The van der Waals surface area contributed by atoms with Crippen LogP contribution in [0.4, 0.5) is 0 Å². The van der Waals surface area contributed by atoms with Gasteiger partial charge in [0.15, 0.2) is 8.32 Å². The van der Waals surface area contributed by atoms with Crippen LogP contribution < -0.4 is 0 Å². The van der Waals surface area contributed by atoms with E-state index in [1.807, 2.05) is 6.08 Å². The summed E-state index contributed by atoms with van der Waals surface area (Å²) in [6.07, 6.45) is 9.95. The fourth-order valence-electron chi connectivity index (χ4n) is 2.85. The van der Waals surface area contributed by atoms with Crippen molar-refractivity contribution in [2.75, 3.05) is 0 Å².